The molecule has 1 rings (SSSR count). The number of thiocarbonyl (C=S) groups is 1. The van der Waals surface area contributed by atoms with Crippen molar-refractivity contribution < 1.29 is 9.59 Å². The first-order valence-electron chi connectivity index (χ1n) is 7.27. The van der Waals surface area contributed by atoms with Crippen molar-refractivity contribution in [1.82, 2.24) is 10.2 Å². The minimum absolute atomic E-state index is 0.0133. The molecule has 1 unspecified atom stereocenters. The van der Waals surface area contributed by atoms with E-state index in [4.69, 9.17) is 12.2 Å². The molecule has 0 aromatic rings. The van der Waals surface area contributed by atoms with Crippen LogP contribution in [0.2, 0.25) is 0 Å². The molecule has 20 heavy (non-hydrogen) atoms. The van der Waals surface area contributed by atoms with Gasteiger partial charge in [0, 0.05) is 19.0 Å². The van der Waals surface area contributed by atoms with Gasteiger partial charge in [-0.15, -0.1) is 0 Å². The van der Waals surface area contributed by atoms with Gasteiger partial charge in [-0.2, -0.15) is 0 Å². The third-order valence-corrected chi connectivity index (χ3v) is 4.86. The molecule has 0 aromatic carbocycles. The predicted octanol–water partition coefficient (Wildman–Crippen LogP) is 2.71. The number of nitrogens with zero attached hydrogens (tertiary/aromatic N) is 1. The number of carbonyl (C=O) groups is 2. The largest absolute Gasteiger partial charge is 0.354 e. The quantitative estimate of drug-likeness (QED) is 0.552. The zero-order valence-electron chi connectivity index (χ0n) is 12.5. The molecule has 1 saturated heterocycles. The van der Waals surface area contributed by atoms with Crippen molar-refractivity contribution in [2.24, 2.45) is 0 Å². The Morgan fingerprint density at radius 1 is 1.40 bits per heavy atom. The van der Waals surface area contributed by atoms with Crippen LogP contribution in [0, 0.1) is 0 Å². The molecular weight excluding hydrogens is 292 g/mol. The van der Waals surface area contributed by atoms with Gasteiger partial charge in [0.15, 0.2) is 0 Å². The Balaban J connectivity index is 2.17. The average molecular weight is 316 g/mol. The summed E-state index contributed by atoms with van der Waals surface area (Å²) in [7, 11) is 0. The summed E-state index contributed by atoms with van der Waals surface area (Å²) in [5.74, 6) is 0.259. The highest BCUT2D eigenvalue weighted by atomic mass is 32.2. The lowest BCUT2D eigenvalue weighted by atomic mass is 10.1. The summed E-state index contributed by atoms with van der Waals surface area (Å²) in [6, 6.07) is 0.199. The summed E-state index contributed by atoms with van der Waals surface area (Å²) in [5.41, 5.74) is 0. The number of thioether (sulfide) groups is 1. The summed E-state index contributed by atoms with van der Waals surface area (Å²) in [5, 5.41) is 2.89. The zero-order valence-corrected chi connectivity index (χ0v) is 14.1. The highest BCUT2D eigenvalue weighted by Gasteiger charge is 2.34. The fraction of sp³-hybridized carbons (Fsp3) is 0.786. The topological polar surface area (TPSA) is 49.4 Å². The molecule has 0 radical (unpaired) electrons. The highest BCUT2D eigenvalue weighted by Crippen LogP contribution is 2.29. The molecule has 0 aromatic heterocycles. The van der Waals surface area contributed by atoms with Crippen LogP contribution in [0.15, 0.2) is 0 Å². The Bertz CT molecular complexity index is 372. The molecular formula is C14H24N2O2S2. The van der Waals surface area contributed by atoms with Gasteiger partial charge in [-0.1, -0.05) is 37.3 Å². The Kier molecular flexibility index (Phi) is 7.51. The number of unbranched alkanes of at least 4 members (excludes halogenated alkanes) is 2. The summed E-state index contributed by atoms with van der Waals surface area (Å²) in [6.07, 6.45) is 4.09. The molecule has 1 aliphatic rings. The van der Waals surface area contributed by atoms with Gasteiger partial charge in [0.05, 0.1) is 5.25 Å². The second kappa shape index (κ2) is 8.62. The Labute approximate surface area is 131 Å². The van der Waals surface area contributed by atoms with Crippen LogP contribution >= 0.6 is 24.0 Å². The molecule has 1 atom stereocenters. The second-order valence-corrected chi connectivity index (χ2v) is 7.14. The second-order valence-electron chi connectivity index (χ2n) is 5.30. The molecule has 0 saturated carbocycles. The van der Waals surface area contributed by atoms with E-state index in [-0.39, 0.29) is 23.1 Å². The summed E-state index contributed by atoms with van der Waals surface area (Å²) in [6.45, 7) is 6.61. The van der Waals surface area contributed by atoms with Crippen LogP contribution in [0.3, 0.4) is 0 Å². The number of hydrogen-bond acceptors (Lipinski definition) is 4. The van der Waals surface area contributed by atoms with E-state index in [1.54, 1.807) is 4.90 Å². The number of carbonyl (C=O) groups excluding carboxylic acids is 2. The van der Waals surface area contributed by atoms with Crippen LogP contribution in [0.4, 0.5) is 0 Å². The summed E-state index contributed by atoms with van der Waals surface area (Å²) in [4.78, 5) is 25.2. The molecule has 4 nitrogen and oxygen atoms in total. The van der Waals surface area contributed by atoms with Gasteiger partial charge in [-0.05, 0) is 33.1 Å². The normalized spacial score (nSPS) is 19.0. The van der Waals surface area contributed by atoms with E-state index in [1.165, 1.54) is 11.8 Å². The van der Waals surface area contributed by atoms with E-state index in [9.17, 15) is 9.59 Å². The Morgan fingerprint density at radius 2 is 2.10 bits per heavy atom. The number of nitrogens with one attached hydrogen (secondary N) is 1. The van der Waals surface area contributed by atoms with E-state index in [2.05, 4.69) is 5.32 Å². The Morgan fingerprint density at radius 3 is 2.65 bits per heavy atom. The van der Waals surface area contributed by atoms with Crippen LogP contribution in [0.1, 0.15) is 52.9 Å². The van der Waals surface area contributed by atoms with Gasteiger partial charge < -0.3 is 5.32 Å². The molecule has 1 aliphatic heterocycles. The third kappa shape index (κ3) is 5.40. The molecule has 2 amide bonds. The minimum atomic E-state index is 0.0133. The molecule has 0 aliphatic carbocycles. The summed E-state index contributed by atoms with van der Waals surface area (Å²) < 4.78 is 0.708. The monoisotopic (exact) mass is 316 g/mol. The van der Waals surface area contributed by atoms with Gasteiger partial charge >= 0.3 is 0 Å². The maximum Gasteiger partial charge on any atom is 0.241 e. The first-order chi connectivity index (χ1) is 9.45. The molecule has 0 bridgehead atoms. The van der Waals surface area contributed by atoms with Gasteiger partial charge in [0.25, 0.3) is 0 Å². The summed E-state index contributed by atoms with van der Waals surface area (Å²) >= 11 is 6.73. The third-order valence-electron chi connectivity index (χ3n) is 3.11. The molecule has 6 heteroatoms. The SMILES string of the molecule is CCC1SC(=S)N(CCCCCC(=O)NC(C)C)C1=O. The zero-order chi connectivity index (χ0) is 15.1. The first kappa shape index (κ1) is 17.4. The molecule has 0 spiro atoms. The minimum Gasteiger partial charge on any atom is -0.354 e. The van der Waals surface area contributed by atoms with Crippen LogP contribution in [0.25, 0.3) is 0 Å². The fourth-order valence-electron chi connectivity index (χ4n) is 2.09. The van der Waals surface area contributed by atoms with E-state index >= 15 is 0 Å². The van der Waals surface area contributed by atoms with Crippen molar-refractivity contribution in [2.75, 3.05) is 6.54 Å². The van der Waals surface area contributed by atoms with Crippen molar-refractivity contribution in [3.05, 3.63) is 0 Å². The van der Waals surface area contributed by atoms with E-state index in [0.717, 1.165) is 25.7 Å². The molecule has 1 fully saturated rings. The van der Waals surface area contributed by atoms with Crippen LogP contribution in [0.5, 0.6) is 0 Å². The maximum atomic E-state index is 12.0. The van der Waals surface area contributed by atoms with E-state index in [0.29, 0.717) is 17.3 Å². The van der Waals surface area contributed by atoms with Gasteiger partial charge in [0.1, 0.15) is 4.32 Å². The standard InChI is InChI=1S/C14H24N2O2S2/c1-4-11-13(18)16(14(19)20-11)9-7-5-6-8-12(17)15-10(2)3/h10-11H,4-9H2,1-3H3,(H,15,17). The lowest BCUT2D eigenvalue weighted by molar-refractivity contribution is -0.126. The first-order valence-corrected chi connectivity index (χ1v) is 8.55. The molecule has 1 heterocycles. The fourth-order valence-corrected chi connectivity index (χ4v) is 3.56. The van der Waals surface area contributed by atoms with Crippen molar-refractivity contribution in [3.8, 4) is 0 Å². The van der Waals surface area contributed by atoms with Crippen LogP contribution in [-0.2, 0) is 9.59 Å². The lowest BCUT2D eigenvalue weighted by Gasteiger charge is -2.15. The van der Waals surface area contributed by atoms with Gasteiger partial charge in [0.2, 0.25) is 11.8 Å². The molecule has 1 N–H and O–H groups in total. The van der Waals surface area contributed by atoms with Crippen LogP contribution in [-0.4, -0.2) is 38.9 Å². The van der Waals surface area contributed by atoms with E-state index < -0.39 is 0 Å². The lowest BCUT2D eigenvalue weighted by Crippen LogP contribution is -2.32. The van der Waals surface area contributed by atoms with E-state index in [1.807, 2.05) is 20.8 Å². The van der Waals surface area contributed by atoms with Crippen molar-refractivity contribution in [1.29, 1.82) is 0 Å². The Hall–Kier alpha value is -0.620. The predicted molar refractivity (Wildman–Crippen MR) is 87.7 cm³/mol. The smallest absolute Gasteiger partial charge is 0.241 e. The average Bonchev–Trinajstić information content (AvgIpc) is 2.64. The van der Waals surface area contributed by atoms with Crippen molar-refractivity contribution in [3.63, 3.8) is 0 Å². The number of amides is 2. The highest BCUT2D eigenvalue weighted by molar-refractivity contribution is 8.24. The van der Waals surface area contributed by atoms with Gasteiger partial charge in [-0.25, -0.2) is 0 Å². The van der Waals surface area contributed by atoms with Crippen LogP contribution < -0.4 is 5.32 Å². The maximum absolute atomic E-state index is 12.0. The van der Waals surface area contributed by atoms with Crippen molar-refractivity contribution >= 4 is 40.1 Å². The molecule has 114 valence electrons. The number of hydrogen-bond donors (Lipinski definition) is 1. The van der Waals surface area contributed by atoms with Crippen molar-refractivity contribution in [2.45, 2.75) is 64.2 Å². The number of rotatable bonds is 8. The van der Waals surface area contributed by atoms with Gasteiger partial charge in [-0.3, -0.25) is 14.5 Å².